The average molecular weight is 300 g/mol. The van der Waals surface area contributed by atoms with Gasteiger partial charge < -0.3 is 9.80 Å². The van der Waals surface area contributed by atoms with E-state index in [-0.39, 0.29) is 11.2 Å². The molecule has 0 saturated heterocycles. The van der Waals surface area contributed by atoms with E-state index in [0.717, 1.165) is 29.8 Å². The van der Waals surface area contributed by atoms with Crippen molar-refractivity contribution in [1.82, 2.24) is 4.90 Å². The van der Waals surface area contributed by atoms with E-state index in [2.05, 4.69) is 38.8 Å². The SMILES string of the molecule is CC(C)N1C=C(C(=O)c2ccc(N(C)C)cc2)C(C)(C)CC1. The summed E-state index contributed by atoms with van der Waals surface area (Å²) in [4.78, 5) is 17.3. The van der Waals surface area contributed by atoms with Gasteiger partial charge in [0.1, 0.15) is 0 Å². The Morgan fingerprint density at radius 1 is 1.18 bits per heavy atom. The molecule has 2 rings (SSSR count). The molecule has 0 atom stereocenters. The number of benzene rings is 1. The van der Waals surface area contributed by atoms with Gasteiger partial charge in [0, 0.05) is 49.7 Å². The van der Waals surface area contributed by atoms with Crippen LogP contribution in [0.25, 0.3) is 0 Å². The molecule has 1 aromatic carbocycles. The minimum absolute atomic E-state index is 0.0668. The van der Waals surface area contributed by atoms with Gasteiger partial charge in [-0.1, -0.05) is 13.8 Å². The zero-order valence-corrected chi connectivity index (χ0v) is 14.7. The van der Waals surface area contributed by atoms with E-state index in [1.807, 2.05) is 43.3 Å². The standard InChI is InChI=1S/C19H28N2O/c1-14(2)21-12-11-19(3,4)17(13-21)18(22)15-7-9-16(10-8-15)20(5)6/h7-10,13-14H,11-12H2,1-6H3. The fourth-order valence-corrected chi connectivity index (χ4v) is 2.79. The predicted molar refractivity (Wildman–Crippen MR) is 93.4 cm³/mol. The van der Waals surface area contributed by atoms with Crippen LogP contribution >= 0.6 is 0 Å². The number of carbonyl (C=O) groups is 1. The summed E-state index contributed by atoms with van der Waals surface area (Å²) in [6.07, 6.45) is 3.09. The molecular weight excluding hydrogens is 272 g/mol. The van der Waals surface area contributed by atoms with Crippen molar-refractivity contribution in [3.8, 4) is 0 Å². The topological polar surface area (TPSA) is 23.6 Å². The second-order valence-corrected chi connectivity index (χ2v) is 7.28. The first kappa shape index (κ1) is 16.6. The Morgan fingerprint density at radius 2 is 1.77 bits per heavy atom. The molecule has 0 spiro atoms. The number of ketones is 1. The molecule has 3 heteroatoms. The first-order valence-corrected chi connectivity index (χ1v) is 8.02. The molecule has 1 aliphatic heterocycles. The van der Waals surface area contributed by atoms with E-state index in [0.29, 0.717) is 6.04 Å². The molecule has 22 heavy (non-hydrogen) atoms. The zero-order chi connectivity index (χ0) is 16.5. The number of hydrogen-bond donors (Lipinski definition) is 0. The molecular formula is C19H28N2O. The van der Waals surface area contributed by atoms with Gasteiger partial charge in [0.2, 0.25) is 0 Å². The third-order valence-electron chi connectivity index (χ3n) is 4.57. The van der Waals surface area contributed by atoms with Gasteiger partial charge >= 0.3 is 0 Å². The molecule has 0 N–H and O–H groups in total. The number of allylic oxidation sites excluding steroid dienone is 1. The number of hydrogen-bond acceptors (Lipinski definition) is 3. The van der Waals surface area contributed by atoms with Gasteiger partial charge in [0.05, 0.1) is 0 Å². The minimum Gasteiger partial charge on any atom is -0.378 e. The van der Waals surface area contributed by atoms with E-state index in [4.69, 9.17) is 0 Å². The van der Waals surface area contributed by atoms with Gasteiger partial charge in [0.15, 0.2) is 5.78 Å². The van der Waals surface area contributed by atoms with E-state index in [1.165, 1.54) is 0 Å². The van der Waals surface area contributed by atoms with Gasteiger partial charge in [-0.05, 0) is 49.9 Å². The van der Waals surface area contributed by atoms with Crippen LogP contribution in [-0.4, -0.2) is 37.4 Å². The first-order valence-electron chi connectivity index (χ1n) is 8.02. The van der Waals surface area contributed by atoms with Gasteiger partial charge in [-0.25, -0.2) is 0 Å². The second kappa shape index (κ2) is 6.15. The van der Waals surface area contributed by atoms with E-state index in [9.17, 15) is 4.79 Å². The van der Waals surface area contributed by atoms with Crippen molar-refractivity contribution in [2.24, 2.45) is 5.41 Å². The van der Waals surface area contributed by atoms with Crippen molar-refractivity contribution < 1.29 is 4.79 Å². The van der Waals surface area contributed by atoms with Gasteiger partial charge in [-0.3, -0.25) is 4.79 Å². The van der Waals surface area contributed by atoms with Crippen LogP contribution in [0.1, 0.15) is 44.5 Å². The summed E-state index contributed by atoms with van der Waals surface area (Å²) >= 11 is 0. The summed E-state index contributed by atoms with van der Waals surface area (Å²) in [6, 6.07) is 8.30. The smallest absolute Gasteiger partial charge is 0.191 e. The summed E-state index contributed by atoms with van der Waals surface area (Å²) in [7, 11) is 4.01. The largest absolute Gasteiger partial charge is 0.378 e. The lowest BCUT2D eigenvalue weighted by Crippen LogP contribution is -2.38. The summed E-state index contributed by atoms with van der Waals surface area (Å²) in [5.41, 5.74) is 2.74. The zero-order valence-electron chi connectivity index (χ0n) is 14.7. The molecule has 0 bridgehead atoms. The lowest BCUT2D eigenvalue weighted by atomic mass is 9.76. The van der Waals surface area contributed by atoms with Crippen molar-refractivity contribution >= 4 is 11.5 Å². The maximum absolute atomic E-state index is 13.0. The summed E-state index contributed by atoms with van der Waals surface area (Å²) < 4.78 is 0. The Morgan fingerprint density at radius 3 is 2.27 bits per heavy atom. The first-order chi connectivity index (χ1) is 10.2. The van der Waals surface area contributed by atoms with Crippen molar-refractivity contribution in [2.45, 2.75) is 40.2 Å². The van der Waals surface area contributed by atoms with Crippen molar-refractivity contribution in [2.75, 3.05) is 25.5 Å². The average Bonchev–Trinajstić information content (AvgIpc) is 2.46. The molecule has 0 aromatic heterocycles. The fourth-order valence-electron chi connectivity index (χ4n) is 2.79. The van der Waals surface area contributed by atoms with Gasteiger partial charge in [-0.2, -0.15) is 0 Å². The molecule has 0 radical (unpaired) electrons. The Labute approximate surface area is 134 Å². The van der Waals surface area contributed by atoms with Crippen LogP contribution in [0, 0.1) is 5.41 Å². The summed E-state index contributed by atoms with van der Waals surface area (Å²) in [5, 5.41) is 0. The Bertz CT molecular complexity index is 568. The quantitative estimate of drug-likeness (QED) is 0.786. The molecule has 0 unspecified atom stereocenters. The Kier molecular flexibility index (Phi) is 4.64. The number of rotatable bonds is 4. The third-order valence-corrected chi connectivity index (χ3v) is 4.57. The van der Waals surface area contributed by atoms with Crippen LogP contribution in [0.4, 0.5) is 5.69 Å². The van der Waals surface area contributed by atoms with Crippen molar-refractivity contribution in [3.63, 3.8) is 0 Å². The molecule has 3 nitrogen and oxygen atoms in total. The highest BCUT2D eigenvalue weighted by Crippen LogP contribution is 2.37. The van der Waals surface area contributed by atoms with Gasteiger partial charge in [0.25, 0.3) is 0 Å². The molecule has 0 saturated carbocycles. The molecule has 1 aromatic rings. The maximum Gasteiger partial charge on any atom is 0.191 e. The van der Waals surface area contributed by atoms with Crippen LogP contribution in [0.5, 0.6) is 0 Å². The number of carbonyl (C=O) groups excluding carboxylic acids is 1. The van der Waals surface area contributed by atoms with E-state index < -0.39 is 0 Å². The van der Waals surface area contributed by atoms with E-state index >= 15 is 0 Å². The number of Topliss-reactive ketones (excluding diaryl/α,β-unsaturated/α-hetero) is 1. The van der Waals surface area contributed by atoms with Crippen LogP contribution in [-0.2, 0) is 0 Å². The van der Waals surface area contributed by atoms with Gasteiger partial charge in [-0.15, -0.1) is 0 Å². The summed E-state index contributed by atoms with van der Waals surface area (Å²) in [6.45, 7) is 9.69. The maximum atomic E-state index is 13.0. The van der Waals surface area contributed by atoms with Crippen LogP contribution in [0.2, 0.25) is 0 Å². The number of nitrogens with zero attached hydrogens (tertiary/aromatic N) is 2. The molecule has 0 fully saturated rings. The van der Waals surface area contributed by atoms with Crippen molar-refractivity contribution in [3.05, 3.63) is 41.6 Å². The highest BCUT2D eigenvalue weighted by Gasteiger charge is 2.33. The van der Waals surface area contributed by atoms with Crippen LogP contribution in [0.3, 0.4) is 0 Å². The van der Waals surface area contributed by atoms with Crippen LogP contribution < -0.4 is 4.90 Å². The Balaban J connectivity index is 2.33. The third kappa shape index (κ3) is 3.34. The summed E-state index contributed by atoms with van der Waals surface area (Å²) in [5.74, 6) is 0.153. The highest BCUT2D eigenvalue weighted by atomic mass is 16.1. The minimum atomic E-state index is -0.0668. The monoisotopic (exact) mass is 300 g/mol. The van der Waals surface area contributed by atoms with Crippen LogP contribution in [0.15, 0.2) is 36.0 Å². The van der Waals surface area contributed by atoms with Crippen molar-refractivity contribution in [1.29, 1.82) is 0 Å². The molecule has 0 aliphatic carbocycles. The molecule has 120 valence electrons. The fraction of sp³-hybridized carbons (Fsp3) is 0.526. The molecule has 1 heterocycles. The number of anilines is 1. The second-order valence-electron chi connectivity index (χ2n) is 7.28. The molecule has 0 amide bonds. The Hall–Kier alpha value is -1.77. The normalized spacial score (nSPS) is 17.4. The molecule has 1 aliphatic rings. The highest BCUT2D eigenvalue weighted by molar-refractivity contribution is 6.09. The predicted octanol–water partition coefficient (Wildman–Crippen LogP) is 3.96. The lowest BCUT2D eigenvalue weighted by molar-refractivity contribution is 0.0983. The lowest BCUT2D eigenvalue weighted by Gasteiger charge is -2.39. The van der Waals surface area contributed by atoms with E-state index in [1.54, 1.807) is 0 Å².